The fourth-order valence-corrected chi connectivity index (χ4v) is 2.99. The molecule has 33 heavy (non-hydrogen) atoms. The number of nitrogens with one attached hydrogen (secondary N) is 2. The molecule has 0 saturated heterocycles. The minimum Gasteiger partial charge on any atom is -0.420 e. The Morgan fingerprint density at radius 1 is 1.15 bits per heavy atom. The van der Waals surface area contributed by atoms with Crippen molar-refractivity contribution < 1.29 is 19.3 Å². The molecule has 0 spiro atoms. The van der Waals surface area contributed by atoms with Crippen molar-refractivity contribution in [1.82, 2.24) is 15.0 Å². The summed E-state index contributed by atoms with van der Waals surface area (Å²) in [5, 5.41) is 9.22. The van der Waals surface area contributed by atoms with Gasteiger partial charge in [-0.3, -0.25) is 4.79 Å². The van der Waals surface area contributed by atoms with E-state index in [-0.39, 0.29) is 34.7 Å². The Morgan fingerprint density at radius 3 is 2.70 bits per heavy atom. The van der Waals surface area contributed by atoms with Gasteiger partial charge in [0.2, 0.25) is 0 Å². The summed E-state index contributed by atoms with van der Waals surface area (Å²) in [6, 6.07) is 13.0. The molecule has 2 aromatic heterocycles. The second-order valence-electron chi connectivity index (χ2n) is 6.82. The Hall–Kier alpha value is -5.18. The van der Waals surface area contributed by atoms with Crippen LogP contribution in [0.25, 0.3) is 11.2 Å². The Morgan fingerprint density at radius 2 is 1.97 bits per heavy atom. The molecular formula is C21H18N9O3+. The lowest BCUT2D eigenvalue weighted by molar-refractivity contribution is -0.405. The average molecular weight is 444 g/mol. The number of hydrogen-bond acceptors (Lipinski definition) is 7. The van der Waals surface area contributed by atoms with Gasteiger partial charge in [0.15, 0.2) is 11.5 Å². The number of primary amides is 1. The van der Waals surface area contributed by atoms with Crippen LogP contribution in [-0.2, 0) is 0 Å². The first-order chi connectivity index (χ1) is 15.8. The van der Waals surface area contributed by atoms with Crippen LogP contribution >= 0.6 is 0 Å². The SMILES string of the molecule is Cc1nc2nc(Oc3cccc(N=C(N)N)c3)[nH+]c(Oc3cc(C#N)ccc3C(N)=O)c2[nH]1. The van der Waals surface area contributed by atoms with Gasteiger partial charge in [0, 0.05) is 11.1 Å². The third-order valence-electron chi connectivity index (χ3n) is 4.34. The minimum atomic E-state index is -0.714. The Labute approximate surface area is 186 Å². The number of nitrogens with zero attached hydrogens (tertiary/aromatic N) is 4. The fraction of sp³-hybridized carbons (Fsp3) is 0.0476. The standard InChI is InChI=1S/C21H17N9O3/c1-10-26-16-18(27-10)29-21(32-13-4-2-3-12(8-13)28-20(24)25)30-19(16)33-15-7-11(9-22)5-6-14(15)17(23)31/h2-8H,1H3,(H2,23,31)(H4,24,25,28)(H,26,27,29,30)/p+1. The van der Waals surface area contributed by atoms with Crippen LogP contribution in [0.4, 0.5) is 5.69 Å². The molecule has 12 heteroatoms. The first-order valence-electron chi connectivity index (χ1n) is 9.51. The van der Waals surface area contributed by atoms with Gasteiger partial charge in [0.25, 0.3) is 5.91 Å². The molecule has 4 rings (SSSR count). The summed E-state index contributed by atoms with van der Waals surface area (Å²) in [7, 11) is 0. The monoisotopic (exact) mass is 444 g/mol. The summed E-state index contributed by atoms with van der Waals surface area (Å²) in [5.74, 6) is 0.387. The molecule has 0 saturated carbocycles. The zero-order chi connectivity index (χ0) is 23.5. The van der Waals surface area contributed by atoms with E-state index in [9.17, 15) is 10.1 Å². The number of carbonyl (C=O) groups is 1. The summed E-state index contributed by atoms with van der Waals surface area (Å²) in [6.45, 7) is 1.75. The molecule has 0 fully saturated rings. The van der Waals surface area contributed by atoms with Gasteiger partial charge in [-0.25, -0.2) is 4.99 Å². The molecule has 0 radical (unpaired) electrons. The molecular weight excluding hydrogens is 426 g/mol. The van der Waals surface area contributed by atoms with Crippen LogP contribution in [0.1, 0.15) is 21.7 Å². The van der Waals surface area contributed by atoms with Gasteiger partial charge < -0.3 is 31.7 Å². The molecule has 0 aliphatic rings. The molecule has 0 atom stereocenters. The van der Waals surface area contributed by atoms with Gasteiger partial charge in [-0.15, -0.1) is 0 Å². The number of fused-ring (bicyclic) bond motifs is 1. The number of H-pyrrole nitrogens is 2. The maximum Gasteiger partial charge on any atom is 0.507 e. The van der Waals surface area contributed by atoms with Crippen LogP contribution in [0.5, 0.6) is 23.4 Å². The number of benzene rings is 2. The van der Waals surface area contributed by atoms with E-state index in [2.05, 4.69) is 24.9 Å². The molecule has 2 aromatic carbocycles. The van der Waals surface area contributed by atoms with Crippen molar-refractivity contribution in [1.29, 1.82) is 5.26 Å². The van der Waals surface area contributed by atoms with E-state index in [1.54, 1.807) is 31.2 Å². The van der Waals surface area contributed by atoms with Crippen molar-refractivity contribution in [3.05, 3.63) is 59.4 Å². The highest BCUT2D eigenvalue weighted by Gasteiger charge is 2.24. The van der Waals surface area contributed by atoms with Gasteiger partial charge in [-0.1, -0.05) is 6.07 Å². The van der Waals surface area contributed by atoms with E-state index in [0.29, 0.717) is 28.4 Å². The Kier molecular flexibility index (Phi) is 5.44. The van der Waals surface area contributed by atoms with Gasteiger partial charge in [-0.2, -0.15) is 15.2 Å². The van der Waals surface area contributed by atoms with Gasteiger partial charge in [-0.05, 0) is 37.3 Å². The third-order valence-corrected chi connectivity index (χ3v) is 4.34. The second kappa shape index (κ2) is 8.52. The number of amides is 1. The minimum absolute atomic E-state index is 0.0444. The van der Waals surface area contributed by atoms with E-state index in [4.69, 9.17) is 26.7 Å². The van der Waals surface area contributed by atoms with Gasteiger partial charge in [0.05, 0.1) is 22.9 Å². The largest absolute Gasteiger partial charge is 0.507 e. The lowest BCUT2D eigenvalue weighted by Gasteiger charge is -2.08. The topological polar surface area (TPSA) is 205 Å². The molecule has 12 nitrogen and oxygen atoms in total. The quantitative estimate of drug-likeness (QED) is 0.253. The predicted molar refractivity (Wildman–Crippen MR) is 117 cm³/mol. The number of aryl methyl sites for hydroxylation is 1. The number of carbonyl (C=O) groups excluding carboxylic acids is 1. The Bertz CT molecular complexity index is 1450. The maximum absolute atomic E-state index is 11.9. The van der Waals surface area contributed by atoms with Crippen LogP contribution in [0.2, 0.25) is 0 Å². The number of rotatable bonds is 6. The number of imidazole rings is 1. The third kappa shape index (κ3) is 4.62. The van der Waals surface area contributed by atoms with Crippen molar-refractivity contribution in [2.24, 2.45) is 22.2 Å². The molecule has 1 amide bonds. The Balaban J connectivity index is 1.77. The predicted octanol–water partition coefficient (Wildman–Crippen LogP) is 1.54. The van der Waals surface area contributed by atoms with Crippen LogP contribution < -0.4 is 31.7 Å². The number of aliphatic imine (C=N–C) groups is 1. The second-order valence-corrected chi connectivity index (χ2v) is 6.82. The van der Waals surface area contributed by atoms with Crippen LogP contribution in [-0.4, -0.2) is 26.8 Å². The van der Waals surface area contributed by atoms with E-state index < -0.39 is 5.91 Å². The number of ether oxygens (including phenoxy) is 2. The zero-order valence-electron chi connectivity index (χ0n) is 17.3. The van der Waals surface area contributed by atoms with Crippen molar-refractivity contribution in [2.75, 3.05) is 0 Å². The molecule has 0 bridgehead atoms. The highest BCUT2D eigenvalue weighted by molar-refractivity contribution is 5.96. The van der Waals surface area contributed by atoms with E-state index in [1.165, 1.54) is 18.2 Å². The number of aromatic amines is 2. The number of nitriles is 1. The highest BCUT2D eigenvalue weighted by atomic mass is 16.5. The number of guanidine groups is 1. The van der Waals surface area contributed by atoms with E-state index in [0.717, 1.165) is 0 Å². The maximum atomic E-state index is 11.9. The summed E-state index contributed by atoms with van der Waals surface area (Å²) >= 11 is 0. The molecule has 0 aliphatic carbocycles. The first-order valence-corrected chi connectivity index (χ1v) is 9.51. The van der Waals surface area contributed by atoms with Crippen molar-refractivity contribution >= 4 is 28.7 Å². The fourth-order valence-electron chi connectivity index (χ4n) is 2.99. The first kappa shape index (κ1) is 21.1. The zero-order valence-corrected chi connectivity index (χ0v) is 17.3. The smallest absolute Gasteiger partial charge is 0.420 e. The van der Waals surface area contributed by atoms with Crippen LogP contribution in [0.3, 0.4) is 0 Å². The number of aromatic nitrogens is 4. The number of nitrogens with two attached hydrogens (primary N) is 3. The number of hydrogen-bond donors (Lipinski definition) is 4. The van der Waals surface area contributed by atoms with E-state index in [1.807, 2.05) is 6.07 Å². The molecule has 0 aliphatic heterocycles. The van der Waals surface area contributed by atoms with Crippen molar-refractivity contribution in [3.63, 3.8) is 0 Å². The normalized spacial score (nSPS) is 10.4. The van der Waals surface area contributed by atoms with E-state index >= 15 is 0 Å². The summed E-state index contributed by atoms with van der Waals surface area (Å²) in [6.07, 6.45) is 0. The molecule has 8 N–H and O–H groups in total. The molecule has 0 unspecified atom stereocenters. The lowest BCUT2D eigenvalue weighted by Crippen LogP contribution is -2.21. The highest BCUT2D eigenvalue weighted by Crippen LogP contribution is 2.30. The lowest BCUT2D eigenvalue weighted by atomic mass is 10.1. The van der Waals surface area contributed by atoms with Crippen molar-refractivity contribution in [2.45, 2.75) is 6.92 Å². The van der Waals surface area contributed by atoms with Gasteiger partial charge >= 0.3 is 17.5 Å². The molecule has 4 aromatic rings. The average Bonchev–Trinajstić information content (AvgIpc) is 3.13. The molecule has 164 valence electrons. The van der Waals surface area contributed by atoms with Crippen molar-refractivity contribution in [3.8, 4) is 29.5 Å². The van der Waals surface area contributed by atoms with Crippen LogP contribution in [0.15, 0.2) is 47.5 Å². The van der Waals surface area contributed by atoms with Crippen LogP contribution in [0, 0.1) is 18.3 Å². The summed E-state index contributed by atoms with van der Waals surface area (Å²) < 4.78 is 11.8. The molecule has 2 heterocycles. The summed E-state index contributed by atoms with van der Waals surface area (Å²) in [5.41, 5.74) is 17.9. The van der Waals surface area contributed by atoms with Gasteiger partial charge in [0.1, 0.15) is 17.3 Å². The summed E-state index contributed by atoms with van der Waals surface area (Å²) in [4.78, 5) is 30.5.